The minimum absolute atomic E-state index is 0.151. The van der Waals surface area contributed by atoms with Crippen molar-refractivity contribution in [3.63, 3.8) is 0 Å². The van der Waals surface area contributed by atoms with E-state index in [9.17, 15) is 14.7 Å². The predicted molar refractivity (Wildman–Crippen MR) is 141 cm³/mol. The van der Waals surface area contributed by atoms with Crippen LogP contribution in [0, 0.1) is 5.41 Å². The van der Waals surface area contributed by atoms with Gasteiger partial charge < -0.3 is 19.8 Å². The summed E-state index contributed by atoms with van der Waals surface area (Å²) < 4.78 is 3.19. The molecule has 0 atom stereocenters. The maximum atomic E-state index is 13.3. The first-order valence-electron chi connectivity index (χ1n) is 13.2. The van der Waals surface area contributed by atoms with Crippen LogP contribution >= 0.6 is 0 Å². The molecular weight excluding hydrogens is 470 g/mol. The lowest BCUT2D eigenvalue weighted by Crippen LogP contribution is -2.51. The molecule has 1 amide bonds. The van der Waals surface area contributed by atoms with Gasteiger partial charge in [0, 0.05) is 50.4 Å². The maximum absolute atomic E-state index is 13.3. The number of hydrogen-bond donors (Lipinski definition) is 1. The van der Waals surface area contributed by atoms with Gasteiger partial charge in [-0.2, -0.15) is 5.10 Å². The number of piperidine rings is 1. The van der Waals surface area contributed by atoms with E-state index in [0.29, 0.717) is 37.0 Å². The number of piperazine rings is 1. The molecule has 0 spiro atoms. The number of aliphatic hydroxyl groups is 1. The number of hydrogen-bond acceptors (Lipinski definition) is 7. The summed E-state index contributed by atoms with van der Waals surface area (Å²) in [6.07, 6.45) is 5.84. The highest BCUT2D eigenvalue weighted by molar-refractivity contribution is 5.85. The van der Waals surface area contributed by atoms with Gasteiger partial charge in [-0.3, -0.25) is 14.2 Å². The van der Waals surface area contributed by atoms with Gasteiger partial charge in [0.25, 0.3) is 5.56 Å². The number of likely N-dealkylation sites (tertiary alicyclic amines) is 1. The average molecular weight is 506 g/mol. The third-order valence-corrected chi connectivity index (χ3v) is 8.46. The molecule has 2 aliphatic heterocycles. The second-order valence-electron chi connectivity index (χ2n) is 11.4. The molecule has 10 nitrogen and oxygen atoms in total. The van der Waals surface area contributed by atoms with Gasteiger partial charge in [-0.1, -0.05) is 13.0 Å². The van der Waals surface area contributed by atoms with E-state index >= 15 is 0 Å². The normalized spacial score (nSPS) is 21.4. The van der Waals surface area contributed by atoms with Crippen LogP contribution in [-0.2, 0) is 11.3 Å². The Bertz CT molecular complexity index is 1380. The van der Waals surface area contributed by atoms with E-state index in [1.807, 2.05) is 24.0 Å². The van der Waals surface area contributed by atoms with Crippen molar-refractivity contribution in [2.45, 2.75) is 44.8 Å². The lowest BCUT2D eigenvalue weighted by atomic mass is 9.90. The highest BCUT2D eigenvalue weighted by Gasteiger charge is 2.48. The summed E-state index contributed by atoms with van der Waals surface area (Å²) in [5.41, 5.74) is 1.02. The average Bonchev–Trinajstić information content (AvgIpc) is 3.50. The summed E-state index contributed by atoms with van der Waals surface area (Å²) in [6.45, 7) is 7.17. The number of aromatic nitrogens is 4. The first kappa shape index (κ1) is 24.1. The number of carbonyl (C=O) groups is 1. The summed E-state index contributed by atoms with van der Waals surface area (Å²) in [4.78, 5) is 37.1. The third kappa shape index (κ3) is 4.53. The van der Waals surface area contributed by atoms with Crippen molar-refractivity contribution in [2.24, 2.45) is 5.41 Å². The summed E-state index contributed by atoms with van der Waals surface area (Å²) in [6, 6.07) is 8.17. The van der Waals surface area contributed by atoms with Crippen molar-refractivity contribution in [2.75, 3.05) is 51.2 Å². The molecule has 0 radical (unpaired) electrons. The summed E-state index contributed by atoms with van der Waals surface area (Å²) in [5.74, 6) is 0.193. The second-order valence-corrected chi connectivity index (χ2v) is 11.4. The molecule has 3 aliphatic rings. The Morgan fingerprint density at radius 3 is 2.43 bits per heavy atom. The monoisotopic (exact) mass is 505 g/mol. The third-order valence-electron chi connectivity index (χ3n) is 8.46. The fraction of sp³-hybridized carbons (Fsp3) is 0.556. The molecule has 1 saturated carbocycles. The van der Waals surface area contributed by atoms with Crippen molar-refractivity contribution in [1.82, 2.24) is 29.1 Å². The van der Waals surface area contributed by atoms with Crippen molar-refractivity contribution in [3.05, 3.63) is 47.1 Å². The maximum Gasteiger partial charge on any atom is 0.264 e. The molecule has 0 bridgehead atoms. The van der Waals surface area contributed by atoms with Crippen LogP contribution in [0.5, 0.6) is 0 Å². The highest BCUT2D eigenvalue weighted by atomic mass is 16.3. The Balaban J connectivity index is 1.20. The quantitative estimate of drug-likeness (QED) is 0.561. The van der Waals surface area contributed by atoms with Crippen LogP contribution in [0.25, 0.3) is 16.7 Å². The molecule has 3 aromatic rings. The van der Waals surface area contributed by atoms with Crippen LogP contribution in [0.2, 0.25) is 0 Å². The largest absolute Gasteiger partial charge is 0.388 e. The standard InChI is InChI=1S/C27H35N7O3/c1-26(6-7-26)25(36)32-10-8-27(37,9-11-32)18-33-19-28-23-22(24(33)35)17-29-34(23)21-5-3-4-20(16-21)31-14-12-30(2)13-15-31/h3-5,16-17,19,37H,6-15,18H2,1-2H3. The van der Waals surface area contributed by atoms with Gasteiger partial charge in [0.05, 0.1) is 24.0 Å². The van der Waals surface area contributed by atoms with Crippen LogP contribution in [0.15, 0.2) is 41.6 Å². The van der Waals surface area contributed by atoms with Gasteiger partial charge in [0.15, 0.2) is 5.65 Å². The molecule has 3 fully saturated rings. The number of rotatable bonds is 5. The molecular formula is C27H35N7O3. The minimum Gasteiger partial charge on any atom is -0.388 e. The van der Waals surface area contributed by atoms with E-state index in [1.54, 1.807) is 10.9 Å². The molecule has 1 aliphatic carbocycles. The number of benzene rings is 1. The number of anilines is 1. The van der Waals surface area contributed by atoms with E-state index < -0.39 is 5.60 Å². The highest BCUT2D eigenvalue weighted by Crippen LogP contribution is 2.47. The Hall–Kier alpha value is -3.24. The Morgan fingerprint density at radius 1 is 1.03 bits per heavy atom. The minimum atomic E-state index is -1.05. The zero-order chi connectivity index (χ0) is 25.8. The SMILES string of the molecule is CN1CCN(c2cccc(-n3ncc4c(=O)n(CC5(O)CCN(C(=O)C6(C)CC6)CC5)cnc43)c2)CC1. The van der Waals surface area contributed by atoms with Crippen LogP contribution < -0.4 is 10.5 Å². The molecule has 2 saturated heterocycles. The zero-order valence-corrected chi connectivity index (χ0v) is 21.6. The van der Waals surface area contributed by atoms with E-state index in [-0.39, 0.29) is 23.4 Å². The van der Waals surface area contributed by atoms with Crippen molar-refractivity contribution >= 4 is 22.6 Å². The first-order chi connectivity index (χ1) is 17.7. The van der Waals surface area contributed by atoms with E-state index in [1.165, 1.54) is 10.9 Å². The fourth-order valence-corrected chi connectivity index (χ4v) is 5.52. The molecule has 6 rings (SSSR count). The molecule has 1 N–H and O–H groups in total. The van der Waals surface area contributed by atoms with Crippen molar-refractivity contribution < 1.29 is 9.90 Å². The summed E-state index contributed by atoms with van der Waals surface area (Å²) >= 11 is 0. The van der Waals surface area contributed by atoms with E-state index in [2.05, 4.69) is 39.1 Å². The second kappa shape index (κ2) is 8.95. The van der Waals surface area contributed by atoms with E-state index in [0.717, 1.165) is 50.4 Å². The number of nitrogens with zero attached hydrogens (tertiary/aromatic N) is 7. The smallest absolute Gasteiger partial charge is 0.264 e. The summed E-state index contributed by atoms with van der Waals surface area (Å²) in [5, 5.41) is 16.2. The molecule has 196 valence electrons. The topological polar surface area (TPSA) is 99.7 Å². The van der Waals surface area contributed by atoms with Crippen LogP contribution in [-0.4, -0.2) is 92.1 Å². The van der Waals surface area contributed by atoms with Crippen LogP contribution in [0.3, 0.4) is 0 Å². The predicted octanol–water partition coefficient (Wildman–Crippen LogP) is 1.49. The molecule has 2 aromatic heterocycles. The van der Waals surface area contributed by atoms with Gasteiger partial charge in [-0.05, 0) is 50.9 Å². The Kier molecular flexibility index (Phi) is 5.83. The Labute approximate surface area is 216 Å². The number of fused-ring (bicyclic) bond motifs is 1. The first-order valence-corrected chi connectivity index (χ1v) is 13.2. The van der Waals surface area contributed by atoms with E-state index in [4.69, 9.17) is 0 Å². The number of likely N-dealkylation sites (N-methyl/N-ethyl adjacent to an activating group) is 1. The van der Waals surface area contributed by atoms with Gasteiger partial charge in [0.2, 0.25) is 5.91 Å². The van der Waals surface area contributed by atoms with Gasteiger partial charge in [-0.15, -0.1) is 0 Å². The molecule has 1 aromatic carbocycles. The Morgan fingerprint density at radius 2 is 1.73 bits per heavy atom. The van der Waals surface area contributed by atoms with Gasteiger partial charge in [-0.25, -0.2) is 9.67 Å². The lowest BCUT2D eigenvalue weighted by molar-refractivity contribution is -0.141. The van der Waals surface area contributed by atoms with Gasteiger partial charge >= 0.3 is 0 Å². The molecule has 0 unspecified atom stereocenters. The van der Waals surface area contributed by atoms with Gasteiger partial charge in [0.1, 0.15) is 11.7 Å². The summed E-state index contributed by atoms with van der Waals surface area (Å²) in [7, 11) is 2.14. The van der Waals surface area contributed by atoms with Crippen molar-refractivity contribution in [1.29, 1.82) is 0 Å². The fourth-order valence-electron chi connectivity index (χ4n) is 5.52. The van der Waals surface area contributed by atoms with Crippen molar-refractivity contribution in [3.8, 4) is 5.69 Å². The number of carbonyl (C=O) groups excluding carboxylic acids is 1. The molecule has 37 heavy (non-hydrogen) atoms. The lowest BCUT2D eigenvalue weighted by Gasteiger charge is -2.39. The zero-order valence-electron chi connectivity index (χ0n) is 21.6. The number of amides is 1. The van der Waals surface area contributed by atoms with Crippen LogP contribution in [0.1, 0.15) is 32.6 Å². The van der Waals surface area contributed by atoms with Crippen LogP contribution in [0.4, 0.5) is 5.69 Å². The molecule has 10 heteroatoms. The molecule has 4 heterocycles.